The summed E-state index contributed by atoms with van der Waals surface area (Å²) in [5.41, 5.74) is 11.3. The lowest BCUT2D eigenvalue weighted by molar-refractivity contribution is -0.419. The summed E-state index contributed by atoms with van der Waals surface area (Å²) in [7, 11) is 3.28. The van der Waals surface area contributed by atoms with E-state index in [4.69, 9.17) is 20.2 Å². The van der Waals surface area contributed by atoms with Gasteiger partial charge in [0.25, 0.3) is 11.1 Å². The van der Waals surface area contributed by atoms with Crippen LogP contribution in [0, 0.1) is 37.5 Å². The molecule has 8 heterocycles. The van der Waals surface area contributed by atoms with Crippen LogP contribution in [-0.2, 0) is 49.9 Å². The maximum atomic E-state index is 13.8. The summed E-state index contributed by atoms with van der Waals surface area (Å²) in [6.45, 7) is 11.0. The molecule has 418 valence electrons. The third-order valence-corrected chi connectivity index (χ3v) is 13.9. The van der Waals surface area contributed by atoms with Crippen molar-refractivity contribution in [1.82, 2.24) is 57.3 Å². The molecule has 2 aliphatic heterocycles. The Hall–Kier alpha value is -9.08. The van der Waals surface area contributed by atoms with Crippen LogP contribution >= 0.6 is 0 Å². The average Bonchev–Trinajstić information content (AvgIpc) is 4.25. The van der Waals surface area contributed by atoms with E-state index in [9.17, 15) is 39.0 Å². The number of rotatable bonds is 11. The highest BCUT2D eigenvalue weighted by atomic mass is 16.4. The van der Waals surface area contributed by atoms with Gasteiger partial charge in [-0.2, -0.15) is 9.97 Å². The molecule has 26 nitrogen and oxygen atoms in total. The first-order chi connectivity index (χ1) is 38.2. The highest BCUT2D eigenvalue weighted by molar-refractivity contribution is 5.82. The largest absolute Gasteiger partial charge is 0.547 e. The smallest absolute Gasteiger partial charge is 0.332 e. The summed E-state index contributed by atoms with van der Waals surface area (Å²) < 4.78 is 8.88. The second-order valence-electron chi connectivity index (χ2n) is 19.6. The van der Waals surface area contributed by atoms with Gasteiger partial charge in [0.05, 0.1) is 62.2 Å². The number of carboxylic acid groups (broad SMARTS) is 2. The van der Waals surface area contributed by atoms with Crippen LogP contribution in [0.25, 0.3) is 44.1 Å². The number of carbonyl (C=O) groups excluding carboxylic acids is 2. The van der Waals surface area contributed by atoms with E-state index in [0.29, 0.717) is 59.0 Å². The Balaban J connectivity index is 0.000000180. The number of aliphatic hydroxyl groups is 2. The van der Waals surface area contributed by atoms with Crippen LogP contribution in [0.1, 0.15) is 62.6 Å². The van der Waals surface area contributed by atoms with Crippen molar-refractivity contribution >= 4 is 68.0 Å². The molecule has 2 fully saturated rings. The number of hydrogen-bond acceptors (Lipinski definition) is 18. The number of hydrogen-bond donors (Lipinski definition) is 4. The summed E-state index contributed by atoms with van der Waals surface area (Å²) in [6.07, 6.45) is -0.767. The predicted octanol–water partition coefficient (Wildman–Crippen LogP) is -3.93. The lowest BCUT2D eigenvalue weighted by atomic mass is 10.1. The Kier molecular flexibility index (Phi) is 17.3. The fraction of sp³-hybridized carbons (Fsp3) is 0.407. The summed E-state index contributed by atoms with van der Waals surface area (Å²) in [6, 6.07) is 15.9. The summed E-state index contributed by atoms with van der Waals surface area (Å²) >= 11 is 0. The number of para-hydroxylation sites is 2. The number of aryl methyl sites for hydroxylation is 4. The second kappa shape index (κ2) is 24.3. The Bertz CT molecular complexity index is 3820. The Morgan fingerprint density at radius 1 is 0.613 bits per heavy atom. The van der Waals surface area contributed by atoms with Crippen LogP contribution in [0.4, 0.5) is 11.9 Å². The number of benzene rings is 2. The maximum absolute atomic E-state index is 13.8. The number of imidazole rings is 2. The number of aromatic nitrogens is 12. The molecule has 2 aromatic carbocycles. The summed E-state index contributed by atoms with van der Waals surface area (Å²) in [4.78, 5) is 105. The van der Waals surface area contributed by atoms with Gasteiger partial charge in [0, 0.05) is 62.2 Å². The lowest BCUT2D eigenvalue weighted by Crippen LogP contribution is -2.67. The van der Waals surface area contributed by atoms with Crippen molar-refractivity contribution in [2.45, 2.75) is 104 Å². The monoisotopic (exact) mass is 1090 g/mol. The molecular weight excluding hydrogens is 1030 g/mol. The van der Waals surface area contributed by atoms with E-state index < -0.39 is 46.6 Å². The molecule has 0 radical (unpaired) electrons. The fourth-order valence-electron chi connectivity index (χ4n) is 9.86. The number of fused-ring (bicyclic) bond motifs is 4. The SMILES string of the molecule is CC#CCn1c(N2CCC[C@@H]([NH3+])C2)nc2c1c(=O)n(Cc1nc(C)c3ccccc3n1)c(=O)n2C.CC#CCn1c(N2CCC[C@@H]([NH3+])C2)nc2c1c(=O)n(Cc1nc(C)c3ccccc3n1)c(=O)n2C.O=C([O-])[C@@H](O)[C@H](O)C(=O)[O-]. The van der Waals surface area contributed by atoms with Gasteiger partial charge in [-0.25, -0.2) is 29.5 Å². The fourth-order valence-corrected chi connectivity index (χ4v) is 9.86. The van der Waals surface area contributed by atoms with Gasteiger partial charge < -0.3 is 51.3 Å². The minimum atomic E-state index is -2.44. The molecule has 10 rings (SSSR count). The van der Waals surface area contributed by atoms with Crippen molar-refractivity contribution in [1.29, 1.82) is 0 Å². The molecule has 0 bridgehead atoms. The minimum absolute atomic E-state index is 0.0300. The summed E-state index contributed by atoms with van der Waals surface area (Å²) in [5, 5.41) is 37.6. The van der Waals surface area contributed by atoms with Crippen LogP contribution in [-0.4, -0.2) is 130 Å². The molecule has 0 saturated carbocycles. The van der Waals surface area contributed by atoms with E-state index in [1.54, 1.807) is 27.9 Å². The molecule has 4 atom stereocenters. The number of carbonyl (C=O) groups is 2. The highest BCUT2D eigenvalue weighted by Gasteiger charge is 2.30. The van der Waals surface area contributed by atoms with Crippen molar-refractivity contribution in [2.24, 2.45) is 14.1 Å². The molecule has 0 amide bonds. The zero-order valence-corrected chi connectivity index (χ0v) is 45.2. The van der Waals surface area contributed by atoms with E-state index in [1.807, 2.05) is 71.5 Å². The second-order valence-corrected chi connectivity index (χ2v) is 19.6. The van der Waals surface area contributed by atoms with E-state index in [-0.39, 0.29) is 25.2 Å². The van der Waals surface area contributed by atoms with E-state index in [1.165, 1.54) is 18.3 Å². The maximum Gasteiger partial charge on any atom is 0.332 e. The van der Waals surface area contributed by atoms with Gasteiger partial charge in [-0.15, -0.1) is 11.8 Å². The van der Waals surface area contributed by atoms with Gasteiger partial charge in [0.1, 0.15) is 35.9 Å². The summed E-state index contributed by atoms with van der Waals surface area (Å²) in [5.74, 6) is 9.95. The van der Waals surface area contributed by atoms with Gasteiger partial charge in [-0.1, -0.05) is 48.2 Å². The van der Waals surface area contributed by atoms with Crippen LogP contribution in [0.3, 0.4) is 0 Å². The first-order valence-corrected chi connectivity index (χ1v) is 25.8. The standard InChI is InChI=1S/2C25H28N8O2.C4H6O6/c2*1-4-5-13-32-21-22(29-24(32)31-12-8-9-17(26)14-31)30(3)25(35)33(23(21)34)15-20-27-16(2)18-10-6-7-11-19(18)28-20;5-1(3(7)8)2(6)4(9)10/h2*6-7,10-11,17H,8-9,12-15,26H2,1-3H3;1-2,5-6H,(H,7,8)(H,9,10)/t2*17-;1-,2-/m110/s1. The van der Waals surface area contributed by atoms with Crippen molar-refractivity contribution in [3.63, 3.8) is 0 Å². The third kappa shape index (κ3) is 11.7. The number of aliphatic carboxylic acids is 2. The number of nitrogens with zero attached hydrogens (tertiary/aromatic N) is 14. The molecule has 2 aliphatic rings. The first kappa shape index (κ1) is 57.1. The number of piperidine rings is 2. The molecule has 8 aromatic rings. The quantitative estimate of drug-likeness (QED) is 0.0899. The molecule has 0 unspecified atom stereocenters. The van der Waals surface area contributed by atoms with E-state index in [0.717, 1.165) is 85.1 Å². The van der Waals surface area contributed by atoms with Crippen molar-refractivity contribution in [3.8, 4) is 23.7 Å². The third-order valence-electron chi connectivity index (χ3n) is 13.9. The number of anilines is 2. The van der Waals surface area contributed by atoms with Crippen LogP contribution in [0.15, 0.2) is 67.7 Å². The Morgan fingerprint density at radius 3 is 1.34 bits per heavy atom. The van der Waals surface area contributed by atoms with Crippen LogP contribution < -0.4 is 54.0 Å². The van der Waals surface area contributed by atoms with Crippen LogP contribution in [0.5, 0.6) is 0 Å². The molecule has 8 N–H and O–H groups in total. The average molecular weight is 1100 g/mol. The number of aliphatic hydroxyl groups excluding tert-OH is 2. The number of carboxylic acids is 2. The topological polar surface area (TPSA) is 358 Å². The Morgan fingerprint density at radius 2 is 0.988 bits per heavy atom. The zero-order chi connectivity index (χ0) is 57.7. The molecular formula is C54H62N16O10. The molecule has 26 heteroatoms. The van der Waals surface area contributed by atoms with Gasteiger partial charge in [-0.3, -0.25) is 37.0 Å². The van der Waals surface area contributed by atoms with E-state index in [2.05, 4.69) is 64.9 Å². The van der Waals surface area contributed by atoms with Crippen molar-refractivity contribution in [2.75, 3.05) is 36.0 Å². The molecule has 0 spiro atoms. The van der Waals surface area contributed by atoms with Gasteiger partial charge in [0.2, 0.25) is 11.9 Å². The molecule has 0 aliphatic carbocycles. The molecule has 2 saturated heterocycles. The van der Waals surface area contributed by atoms with Gasteiger partial charge >= 0.3 is 11.4 Å². The molecule has 80 heavy (non-hydrogen) atoms. The van der Waals surface area contributed by atoms with Crippen molar-refractivity contribution < 1.29 is 41.5 Å². The molecule has 6 aromatic heterocycles. The number of quaternary nitrogens is 2. The lowest BCUT2D eigenvalue weighted by Gasteiger charge is -2.29. The first-order valence-electron chi connectivity index (χ1n) is 25.8. The predicted molar refractivity (Wildman–Crippen MR) is 290 cm³/mol. The highest BCUT2D eigenvalue weighted by Crippen LogP contribution is 2.25. The van der Waals surface area contributed by atoms with Crippen LogP contribution in [0.2, 0.25) is 0 Å². The van der Waals surface area contributed by atoms with E-state index >= 15 is 0 Å². The minimum Gasteiger partial charge on any atom is -0.547 e. The zero-order valence-electron chi connectivity index (χ0n) is 45.2. The van der Waals surface area contributed by atoms with Gasteiger partial charge in [-0.05, 0) is 52.7 Å². The van der Waals surface area contributed by atoms with Gasteiger partial charge in [0.15, 0.2) is 22.3 Å². The van der Waals surface area contributed by atoms with Crippen molar-refractivity contribution in [3.05, 3.63) is 113 Å². The Labute approximate surface area is 456 Å². The normalized spacial score (nSPS) is 16.0.